The van der Waals surface area contributed by atoms with Crippen molar-refractivity contribution in [2.45, 2.75) is 41.6 Å². The summed E-state index contributed by atoms with van der Waals surface area (Å²) in [7, 11) is 2.44. The van der Waals surface area contributed by atoms with Crippen LogP contribution < -0.4 is 4.28 Å². The van der Waals surface area contributed by atoms with Crippen molar-refractivity contribution in [2.75, 3.05) is 0 Å². The van der Waals surface area contributed by atoms with Gasteiger partial charge in [-0.1, -0.05) is 0 Å². The number of hydrogen-bond acceptors (Lipinski definition) is 0. The molecule has 2 aliphatic rings. The van der Waals surface area contributed by atoms with Gasteiger partial charge in [0.05, 0.1) is 0 Å². The molecule has 0 amide bonds. The van der Waals surface area contributed by atoms with Crippen LogP contribution in [0.2, 0.25) is 5.64 Å². The van der Waals surface area contributed by atoms with E-state index in [2.05, 4.69) is 167 Å². The quantitative estimate of drug-likeness (QED) is 0.150. The van der Waals surface area contributed by atoms with Crippen molar-refractivity contribution in [3.8, 4) is 22.3 Å². The van der Waals surface area contributed by atoms with Crippen LogP contribution in [-0.4, -0.2) is 8.15 Å². The minimum atomic E-state index is -3.62. The number of allylic oxidation sites excluding steroid dienone is 2. The first-order valence-electron chi connectivity index (χ1n) is 15.7. The number of rotatable bonds is 7. The molecular weight excluding hydrogens is 642 g/mol. The molecule has 45 heavy (non-hydrogen) atoms. The smallest absolute Gasteiger partial charge is 0.147 e. The van der Waals surface area contributed by atoms with Crippen LogP contribution in [0.25, 0.3) is 34.4 Å². The number of fused-ring (bicyclic) bond motifs is 2. The fourth-order valence-corrected chi connectivity index (χ4v) is 22.5. The van der Waals surface area contributed by atoms with E-state index in [-0.39, 0.29) is 24.8 Å². The molecule has 0 nitrogen and oxygen atoms in total. The van der Waals surface area contributed by atoms with Crippen LogP contribution >= 0.6 is 24.8 Å². The normalized spacial score (nSPS) is 17.4. The van der Waals surface area contributed by atoms with Crippen LogP contribution in [0.3, 0.4) is 0 Å². The molecule has 2 unspecified atom stereocenters. The zero-order valence-electron chi connectivity index (χ0n) is 26.3. The predicted molar refractivity (Wildman–Crippen MR) is 201 cm³/mol. The third-order valence-electron chi connectivity index (χ3n) is 10.1. The molecule has 0 N–H and O–H groups in total. The van der Waals surface area contributed by atoms with Gasteiger partial charge in [0.2, 0.25) is 0 Å². The molecule has 0 saturated carbocycles. The second kappa shape index (κ2) is 13.0. The average Bonchev–Trinajstić information content (AvgIpc) is 3.66. The fourth-order valence-electron chi connectivity index (χ4n) is 8.22. The van der Waals surface area contributed by atoms with E-state index >= 15 is 0 Å². The van der Waals surface area contributed by atoms with Crippen LogP contribution in [-0.2, 0) is 11.7 Å². The summed E-state index contributed by atoms with van der Waals surface area (Å²) >= 11 is -3.62. The Balaban J connectivity index is 0.00000200. The molecular formula is C41H42Cl2SiV. The van der Waals surface area contributed by atoms with E-state index in [9.17, 15) is 0 Å². The number of benzene rings is 5. The minimum Gasteiger partial charge on any atom is -0.147 e. The SMILES string of the molecule is CCC1=Cc2c(-c3ccccc3)cccc2[CH]1[V]([CH3])(=[SiH2])([c]1ccccc1)[CH]1C(CC)=Cc2c(-c3ccccc3)cccc21.Cl.Cl. The molecule has 0 fully saturated rings. The Morgan fingerprint density at radius 1 is 0.511 bits per heavy atom. The van der Waals surface area contributed by atoms with E-state index in [1.807, 2.05) is 0 Å². The molecule has 0 saturated heterocycles. The van der Waals surface area contributed by atoms with E-state index in [0.717, 1.165) is 12.8 Å². The van der Waals surface area contributed by atoms with Crippen molar-refractivity contribution in [3.05, 3.63) is 161 Å². The first-order valence-corrected chi connectivity index (χ1v) is 23.0. The van der Waals surface area contributed by atoms with Crippen molar-refractivity contribution in [1.29, 1.82) is 0 Å². The van der Waals surface area contributed by atoms with Crippen LogP contribution in [0.1, 0.15) is 58.2 Å². The Hall–Kier alpha value is -3.04. The van der Waals surface area contributed by atoms with Crippen molar-refractivity contribution >= 4 is 49.4 Å². The van der Waals surface area contributed by atoms with Gasteiger partial charge in [-0.3, -0.25) is 0 Å². The zero-order chi connectivity index (χ0) is 29.6. The molecule has 0 aliphatic heterocycles. The van der Waals surface area contributed by atoms with Gasteiger partial charge in [-0.15, -0.1) is 24.8 Å². The van der Waals surface area contributed by atoms with Crippen molar-refractivity contribution in [2.24, 2.45) is 0 Å². The average molecular weight is 685 g/mol. The topological polar surface area (TPSA) is 0 Å². The third-order valence-corrected chi connectivity index (χ3v) is 23.8. The number of halogens is 2. The standard InChI is InChI=1S/2C17H15.C6H5.CH3.2ClH.H2Si.V/c2*1-2-13-11-15-9-6-10-16(17(15)12-13)14-7-4-3-5-8-14;1-2-4-6-5-3-1;;;;;/h2*3-12H,2H2,1H3;1-5H;1H3;2*1H;1H2;. The van der Waals surface area contributed by atoms with Crippen molar-refractivity contribution in [3.63, 3.8) is 0 Å². The Morgan fingerprint density at radius 2 is 0.889 bits per heavy atom. The summed E-state index contributed by atoms with van der Waals surface area (Å²) in [6.45, 7) is 4.75. The van der Waals surface area contributed by atoms with Gasteiger partial charge < -0.3 is 0 Å². The largest absolute Gasteiger partial charge is 0.147 e. The van der Waals surface area contributed by atoms with Crippen molar-refractivity contribution in [1.82, 2.24) is 0 Å². The van der Waals surface area contributed by atoms with E-state index in [1.165, 1.54) is 44.5 Å². The second-order valence-electron chi connectivity index (χ2n) is 12.6. The summed E-state index contributed by atoms with van der Waals surface area (Å²) in [5.41, 5.74) is 17.3. The molecule has 2 atom stereocenters. The first kappa shape index (κ1) is 33.3. The molecule has 0 spiro atoms. The summed E-state index contributed by atoms with van der Waals surface area (Å²) in [5, 5.41) is 0. The molecule has 5 aromatic carbocycles. The fraction of sp³-hybridized carbons (Fsp3) is 0.171. The molecule has 2 aliphatic carbocycles. The van der Waals surface area contributed by atoms with Crippen LogP contribution in [0, 0.1) is 0 Å². The second-order valence-corrected chi connectivity index (χ2v) is 28.2. The maximum absolute atomic E-state index is 3.62. The monoisotopic (exact) mass is 683 g/mol. The van der Waals surface area contributed by atoms with E-state index in [1.54, 1.807) is 15.4 Å². The zero-order valence-corrected chi connectivity index (χ0v) is 30.8. The van der Waals surface area contributed by atoms with Gasteiger partial charge in [0.25, 0.3) is 0 Å². The summed E-state index contributed by atoms with van der Waals surface area (Å²) in [4.78, 5) is 0. The van der Waals surface area contributed by atoms with Gasteiger partial charge in [0.1, 0.15) is 0 Å². The van der Waals surface area contributed by atoms with Crippen LogP contribution in [0.15, 0.2) is 139 Å². The Bertz CT molecular complexity index is 1840. The van der Waals surface area contributed by atoms with Gasteiger partial charge in [-0.2, -0.15) is 0 Å². The van der Waals surface area contributed by atoms with Crippen molar-refractivity contribution < 1.29 is 11.7 Å². The molecule has 4 heteroatoms. The predicted octanol–water partition coefficient (Wildman–Crippen LogP) is 10.9. The Kier molecular flexibility index (Phi) is 9.62. The molecule has 0 radical (unpaired) electrons. The van der Waals surface area contributed by atoms with Gasteiger partial charge in [-0.25, -0.2) is 0 Å². The first-order chi connectivity index (χ1) is 20.9. The van der Waals surface area contributed by atoms with Crippen LogP contribution in [0.5, 0.6) is 0 Å². The van der Waals surface area contributed by atoms with Crippen LogP contribution in [0.4, 0.5) is 0 Å². The molecule has 229 valence electrons. The molecule has 5 aromatic rings. The summed E-state index contributed by atoms with van der Waals surface area (Å²) in [6.07, 6.45) is 7.29. The van der Waals surface area contributed by atoms with Gasteiger partial charge in [0, 0.05) is 0 Å². The maximum Gasteiger partial charge on any atom is -0.147 e. The summed E-state index contributed by atoms with van der Waals surface area (Å²) < 4.78 is 2.41. The van der Waals surface area contributed by atoms with Gasteiger partial charge >= 0.3 is 261 Å². The van der Waals surface area contributed by atoms with E-state index < -0.39 is 11.7 Å². The van der Waals surface area contributed by atoms with Gasteiger partial charge in [0.15, 0.2) is 0 Å². The minimum absolute atomic E-state index is 0. The summed E-state index contributed by atoms with van der Waals surface area (Å²) in [6, 6.07) is 47.8. The third kappa shape index (κ3) is 5.24. The Labute approximate surface area is 284 Å². The number of hydrogen-bond donors (Lipinski definition) is 0. The molecule has 7 rings (SSSR count). The van der Waals surface area contributed by atoms with E-state index in [4.69, 9.17) is 0 Å². The molecule has 0 heterocycles. The van der Waals surface area contributed by atoms with Gasteiger partial charge in [-0.05, 0) is 0 Å². The van der Waals surface area contributed by atoms with E-state index in [0.29, 0.717) is 9.26 Å². The molecule has 0 bridgehead atoms. The Morgan fingerprint density at radius 3 is 1.27 bits per heavy atom. The maximum atomic E-state index is 2.77. The molecule has 0 aromatic heterocycles. The summed E-state index contributed by atoms with van der Waals surface area (Å²) in [5.74, 6) is 0.